The lowest BCUT2D eigenvalue weighted by Crippen LogP contribution is -2.41. The molecular weight excluding hydrogens is 315 g/mol. The minimum Gasteiger partial charge on any atom is -0.399 e. The van der Waals surface area contributed by atoms with Gasteiger partial charge in [-0.1, -0.05) is 51.9 Å². The van der Waals surface area contributed by atoms with Gasteiger partial charge in [-0.25, -0.2) is 0 Å². The first-order valence-corrected chi connectivity index (χ1v) is 10.7. The van der Waals surface area contributed by atoms with Gasteiger partial charge >= 0.3 is 7.12 Å². The standard InChI is InChI=1S/C20H35BO2S/c1-6-7-8-9-10-11-12-13-14-17-15-16-24-18(17)21-22-19(2,3)20(4,5)23-21/h15-16H,6-14H2,1-5H3. The summed E-state index contributed by atoms with van der Waals surface area (Å²) in [7, 11) is -0.195. The SMILES string of the molecule is CCCCCCCCCCc1ccsc1B1OC(C)(C)C(C)(C)O1. The van der Waals surface area contributed by atoms with Crippen molar-refractivity contribution in [2.45, 2.75) is 104 Å². The summed E-state index contributed by atoms with van der Waals surface area (Å²) >= 11 is 1.78. The topological polar surface area (TPSA) is 18.5 Å². The van der Waals surface area contributed by atoms with Gasteiger partial charge in [-0.3, -0.25) is 0 Å². The number of rotatable bonds is 10. The Labute approximate surface area is 153 Å². The number of unbranched alkanes of at least 4 members (excludes halogenated alkanes) is 7. The molecule has 0 saturated carbocycles. The third-order valence-corrected chi connectivity index (χ3v) is 6.53. The Balaban J connectivity index is 1.76. The molecule has 0 N–H and O–H groups in total. The molecule has 2 heterocycles. The Morgan fingerprint density at radius 3 is 2.00 bits per heavy atom. The van der Waals surface area contributed by atoms with Crippen LogP contribution in [0.4, 0.5) is 0 Å². The molecule has 0 radical (unpaired) electrons. The second kappa shape index (κ2) is 8.87. The van der Waals surface area contributed by atoms with Gasteiger partial charge in [0.05, 0.1) is 11.2 Å². The number of hydrogen-bond acceptors (Lipinski definition) is 3. The van der Waals surface area contributed by atoms with Gasteiger partial charge in [-0.15, -0.1) is 0 Å². The van der Waals surface area contributed by atoms with Gasteiger partial charge < -0.3 is 9.31 Å². The summed E-state index contributed by atoms with van der Waals surface area (Å²) in [5, 5.41) is 2.18. The van der Waals surface area contributed by atoms with E-state index in [0.29, 0.717) is 0 Å². The summed E-state index contributed by atoms with van der Waals surface area (Å²) in [6.07, 6.45) is 12.1. The Bertz CT molecular complexity index is 480. The lowest BCUT2D eigenvalue weighted by Gasteiger charge is -2.32. The fraction of sp³-hybridized carbons (Fsp3) is 0.800. The molecule has 1 aliphatic rings. The van der Waals surface area contributed by atoms with E-state index < -0.39 is 0 Å². The predicted octanol–water partition coefficient (Wildman–Crippen LogP) is 5.73. The van der Waals surface area contributed by atoms with Crippen LogP contribution in [0.15, 0.2) is 11.4 Å². The van der Waals surface area contributed by atoms with E-state index in [1.54, 1.807) is 11.3 Å². The second-order valence-corrected chi connectivity index (χ2v) is 9.07. The summed E-state index contributed by atoms with van der Waals surface area (Å²) in [5.74, 6) is 0. The fourth-order valence-corrected chi connectivity index (χ4v) is 4.07. The molecule has 1 fully saturated rings. The summed E-state index contributed by atoms with van der Waals surface area (Å²) in [5.41, 5.74) is 0.916. The molecule has 1 aromatic rings. The van der Waals surface area contributed by atoms with Crippen LogP contribution in [-0.4, -0.2) is 18.3 Å². The first kappa shape index (κ1) is 20.0. The molecule has 136 valence electrons. The zero-order valence-corrected chi connectivity index (χ0v) is 17.1. The van der Waals surface area contributed by atoms with E-state index in [1.165, 1.54) is 61.7 Å². The van der Waals surface area contributed by atoms with Crippen LogP contribution in [0, 0.1) is 0 Å². The fourth-order valence-electron chi connectivity index (χ4n) is 3.16. The van der Waals surface area contributed by atoms with Gasteiger partial charge in [0.15, 0.2) is 0 Å². The van der Waals surface area contributed by atoms with Crippen molar-refractivity contribution in [2.24, 2.45) is 0 Å². The largest absolute Gasteiger partial charge is 0.505 e. The highest BCUT2D eigenvalue weighted by atomic mass is 32.1. The lowest BCUT2D eigenvalue weighted by atomic mass is 9.83. The van der Waals surface area contributed by atoms with Gasteiger partial charge in [0, 0.05) is 4.78 Å². The molecular formula is C20H35BO2S. The summed E-state index contributed by atoms with van der Waals surface area (Å²) in [6, 6.07) is 2.26. The molecule has 2 nitrogen and oxygen atoms in total. The maximum Gasteiger partial charge on any atom is 0.505 e. The maximum absolute atomic E-state index is 6.22. The van der Waals surface area contributed by atoms with E-state index in [9.17, 15) is 0 Å². The Hall–Kier alpha value is -0.315. The minimum atomic E-state index is -0.253. The molecule has 0 aromatic carbocycles. The van der Waals surface area contributed by atoms with Gasteiger partial charge in [0.1, 0.15) is 0 Å². The van der Waals surface area contributed by atoms with Crippen LogP contribution in [0.1, 0.15) is 91.5 Å². The van der Waals surface area contributed by atoms with E-state index in [1.807, 2.05) is 0 Å². The van der Waals surface area contributed by atoms with Crippen molar-refractivity contribution < 1.29 is 9.31 Å². The van der Waals surface area contributed by atoms with Crippen molar-refractivity contribution in [3.8, 4) is 0 Å². The summed E-state index contributed by atoms with van der Waals surface area (Å²) in [4.78, 5) is 0. The average Bonchev–Trinajstić information content (AvgIpc) is 3.04. The van der Waals surface area contributed by atoms with Crippen molar-refractivity contribution in [2.75, 3.05) is 0 Å². The van der Waals surface area contributed by atoms with Crippen molar-refractivity contribution in [1.29, 1.82) is 0 Å². The lowest BCUT2D eigenvalue weighted by molar-refractivity contribution is 0.00578. The Morgan fingerprint density at radius 2 is 1.42 bits per heavy atom. The molecule has 4 heteroatoms. The molecule has 0 spiro atoms. The van der Waals surface area contributed by atoms with Crippen molar-refractivity contribution in [1.82, 2.24) is 0 Å². The van der Waals surface area contributed by atoms with Gasteiger partial charge in [0.25, 0.3) is 0 Å². The molecule has 0 bridgehead atoms. The molecule has 0 unspecified atom stereocenters. The minimum absolute atomic E-state index is 0.195. The van der Waals surface area contributed by atoms with Crippen molar-refractivity contribution in [3.63, 3.8) is 0 Å². The van der Waals surface area contributed by atoms with Gasteiger partial charge in [0.2, 0.25) is 0 Å². The van der Waals surface area contributed by atoms with Crippen LogP contribution in [0.3, 0.4) is 0 Å². The molecule has 24 heavy (non-hydrogen) atoms. The molecule has 1 saturated heterocycles. The second-order valence-electron chi connectivity index (χ2n) is 8.12. The Morgan fingerprint density at radius 1 is 0.875 bits per heavy atom. The first-order chi connectivity index (χ1) is 11.4. The molecule has 0 aliphatic carbocycles. The van der Waals surface area contributed by atoms with E-state index in [4.69, 9.17) is 9.31 Å². The number of thiophene rings is 1. The highest BCUT2D eigenvalue weighted by molar-refractivity contribution is 7.21. The normalized spacial score (nSPS) is 19.1. The van der Waals surface area contributed by atoms with Crippen LogP contribution < -0.4 is 4.78 Å². The van der Waals surface area contributed by atoms with Crippen LogP contribution in [0.5, 0.6) is 0 Å². The van der Waals surface area contributed by atoms with Gasteiger partial charge in [-0.2, -0.15) is 11.3 Å². The van der Waals surface area contributed by atoms with E-state index in [0.717, 1.165) is 6.42 Å². The Kier molecular flexibility index (Phi) is 7.39. The number of aryl methyl sites for hydroxylation is 1. The molecule has 0 atom stereocenters. The highest BCUT2D eigenvalue weighted by Crippen LogP contribution is 2.37. The van der Waals surface area contributed by atoms with E-state index in [-0.39, 0.29) is 18.3 Å². The summed E-state index contributed by atoms with van der Waals surface area (Å²) < 4.78 is 13.7. The molecule has 1 aliphatic heterocycles. The smallest absolute Gasteiger partial charge is 0.399 e. The third kappa shape index (κ3) is 5.09. The zero-order chi connectivity index (χ0) is 17.6. The third-order valence-electron chi connectivity index (χ3n) is 5.55. The van der Waals surface area contributed by atoms with Crippen LogP contribution in [0.25, 0.3) is 0 Å². The first-order valence-electron chi connectivity index (χ1n) is 9.79. The van der Waals surface area contributed by atoms with Gasteiger partial charge in [-0.05, 0) is 57.5 Å². The molecule has 2 rings (SSSR count). The zero-order valence-electron chi connectivity index (χ0n) is 16.3. The molecule has 0 amide bonds. The van der Waals surface area contributed by atoms with E-state index >= 15 is 0 Å². The van der Waals surface area contributed by atoms with Crippen LogP contribution in [-0.2, 0) is 15.7 Å². The average molecular weight is 350 g/mol. The quantitative estimate of drug-likeness (QED) is 0.396. The van der Waals surface area contributed by atoms with Crippen molar-refractivity contribution >= 4 is 23.2 Å². The van der Waals surface area contributed by atoms with Crippen LogP contribution in [0.2, 0.25) is 0 Å². The maximum atomic E-state index is 6.22. The number of hydrogen-bond donors (Lipinski definition) is 0. The van der Waals surface area contributed by atoms with Crippen molar-refractivity contribution in [3.05, 3.63) is 17.0 Å². The summed E-state index contributed by atoms with van der Waals surface area (Å²) in [6.45, 7) is 10.8. The van der Waals surface area contributed by atoms with Crippen LogP contribution >= 0.6 is 11.3 Å². The molecule has 1 aromatic heterocycles. The highest BCUT2D eigenvalue weighted by Gasteiger charge is 2.52. The predicted molar refractivity (Wildman–Crippen MR) is 106 cm³/mol. The monoisotopic (exact) mass is 350 g/mol. The van der Waals surface area contributed by atoms with E-state index in [2.05, 4.69) is 46.1 Å².